The summed E-state index contributed by atoms with van der Waals surface area (Å²) in [6.45, 7) is 2.55. The minimum absolute atomic E-state index is 0.0190. The average Bonchev–Trinajstić information content (AvgIpc) is 3.30. The molecular formula is C25H22N6O4. The van der Waals surface area contributed by atoms with E-state index >= 15 is 0 Å². The van der Waals surface area contributed by atoms with E-state index < -0.39 is 5.91 Å². The van der Waals surface area contributed by atoms with Crippen LogP contribution in [-0.2, 0) is 17.9 Å². The van der Waals surface area contributed by atoms with Crippen LogP contribution in [0.4, 0.5) is 5.69 Å². The number of carbonyl (C=O) groups is 3. The molecule has 0 spiro atoms. The number of amides is 3. The van der Waals surface area contributed by atoms with E-state index in [0.717, 1.165) is 16.7 Å². The lowest BCUT2D eigenvalue weighted by Gasteiger charge is -2.18. The molecule has 0 saturated heterocycles. The van der Waals surface area contributed by atoms with Gasteiger partial charge in [-0.15, -0.1) is 0 Å². The first-order chi connectivity index (χ1) is 17.0. The van der Waals surface area contributed by atoms with Crippen molar-refractivity contribution in [3.8, 4) is 5.75 Å². The van der Waals surface area contributed by atoms with Crippen LogP contribution in [0.3, 0.4) is 0 Å². The molecule has 3 heterocycles. The predicted octanol–water partition coefficient (Wildman–Crippen LogP) is 2.46. The largest absolute Gasteiger partial charge is 0.482 e. The van der Waals surface area contributed by atoms with Crippen molar-refractivity contribution < 1.29 is 19.1 Å². The van der Waals surface area contributed by atoms with Crippen LogP contribution in [0.25, 0.3) is 11.0 Å². The molecule has 10 nitrogen and oxygen atoms in total. The normalized spacial score (nSPS) is 12.4. The summed E-state index contributed by atoms with van der Waals surface area (Å²) in [6.07, 6.45) is 2.78. The molecule has 2 aromatic carbocycles. The zero-order chi connectivity index (χ0) is 24.4. The van der Waals surface area contributed by atoms with Crippen LogP contribution in [0.1, 0.15) is 37.5 Å². The number of carbonyl (C=O) groups excluding carboxylic acids is 3. The highest BCUT2D eigenvalue weighted by molar-refractivity contribution is 6.10. The molecule has 0 atom stereocenters. The van der Waals surface area contributed by atoms with Crippen LogP contribution >= 0.6 is 0 Å². The molecule has 3 amide bonds. The Balaban J connectivity index is 1.28. The zero-order valence-electron chi connectivity index (χ0n) is 18.8. The van der Waals surface area contributed by atoms with Crippen molar-refractivity contribution in [2.45, 2.75) is 20.0 Å². The molecule has 0 aliphatic carbocycles. The van der Waals surface area contributed by atoms with E-state index in [2.05, 4.69) is 30.9 Å². The quantitative estimate of drug-likeness (QED) is 0.342. The van der Waals surface area contributed by atoms with Gasteiger partial charge in [0.2, 0.25) is 0 Å². The summed E-state index contributed by atoms with van der Waals surface area (Å²) in [5.74, 6) is -0.380. The lowest BCUT2D eigenvalue weighted by molar-refractivity contribution is -0.118. The molecule has 0 saturated carbocycles. The molecule has 10 heteroatoms. The summed E-state index contributed by atoms with van der Waals surface area (Å²) in [5, 5.41) is 8.44. The van der Waals surface area contributed by atoms with Gasteiger partial charge in [-0.2, -0.15) is 0 Å². The standard InChI is InChI=1S/C25H22N6O4/c1-14-3-2-4-15(7-14)9-27-24(33)17-11-26-22-21(17)29-13-30-23(22)25(34)28-10-16-5-6-19-18(8-16)31-20(32)12-35-19/h2-8,11,13,26H,9-10,12H2,1H3,(H,27,33)(H,28,34)(H,31,32). The van der Waals surface area contributed by atoms with Crippen molar-refractivity contribution in [2.75, 3.05) is 11.9 Å². The Kier molecular flexibility index (Phi) is 5.84. The van der Waals surface area contributed by atoms with Gasteiger partial charge in [-0.05, 0) is 30.2 Å². The number of ether oxygens (including phenoxy) is 1. The Morgan fingerprint density at radius 1 is 1.03 bits per heavy atom. The van der Waals surface area contributed by atoms with E-state index in [1.807, 2.05) is 31.2 Å². The number of hydrogen-bond acceptors (Lipinski definition) is 6. The highest BCUT2D eigenvalue weighted by Gasteiger charge is 2.20. The maximum atomic E-state index is 12.9. The van der Waals surface area contributed by atoms with Gasteiger partial charge in [0.25, 0.3) is 17.7 Å². The number of nitrogens with zero attached hydrogens (tertiary/aromatic N) is 2. The van der Waals surface area contributed by atoms with Gasteiger partial charge in [0.05, 0.1) is 16.8 Å². The molecule has 4 N–H and O–H groups in total. The van der Waals surface area contributed by atoms with Crippen molar-refractivity contribution in [3.63, 3.8) is 0 Å². The maximum absolute atomic E-state index is 12.9. The number of hydrogen-bond donors (Lipinski definition) is 4. The number of anilines is 1. The molecule has 1 aliphatic heterocycles. The van der Waals surface area contributed by atoms with Gasteiger partial charge >= 0.3 is 0 Å². The number of aryl methyl sites for hydroxylation is 1. The molecule has 1 aliphatic rings. The second kappa shape index (κ2) is 9.26. The van der Waals surface area contributed by atoms with Gasteiger partial charge in [0, 0.05) is 19.3 Å². The number of aromatic amines is 1. The van der Waals surface area contributed by atoms with Gasteiger partial charge in [-0.25, -0.2) is 9.97 Å². The molecular weight excluding hydrogens is 448 g/mol. The number of aromatic nitrogens is 3. The number of nitrogens with one attached hydrogen (secondary N) is 4. The van der Waals surface area contributed by atoms with Crippen molar-refractivity contribution in [1.29, 1.82) is 0 Å². The van der Waals surface area contributed by atoms with E-state index in [-0.39, 0.29) is 30.7 Å². The number of fused-ring (bicyclic) bond motifs is 2. The van der Waals surface area contributed by atoms with Gasteiger partial charge in [0.1, 0.15) is 17.6 Å². The highest BCUT2D eigenvalue weighted by Crippen LogP contribution is 2.28. The summed E-state index contributed by atoms with van der Waals surface area (Å²) >= 11 is 0. The van der Waals surface area contributed by atoms with E-state index in [0.29, 0.717) is 34.6 Å². The van der Waals surface area contributed by atoms with Crippen molar-refractivity contribution in [2.24, 2.45) is 0 Å². The maximum Gasteiger partial charge on any atom is 0.272 e. The van der Waals surface area contributed by atoms with Crippen LogP contribution in [0, 0.1) is 6.92 Å². The van der Waals surface area contributed by atoms with Crippen LogP contribution < -0.4 is 20.7 Å². The van der Waals surface area contributed by atoms with Crippen molar-refractivity contribution in [3.05, 3.63) is 82.9 Å². The topological polar surface area (TPSA) is 138 Å². The SMILES string of the molecule is Cc1cccc(CNC(=O)c2c[nH]c3c(C(=O)NCc4ccc5c(c4)NC(=O)CO5)ncnc23)c1. The second-order valence-electron chi connectivity index (χ2n) is 8.17. The van der Waals surface area contributed by atoms with E-state index in [1.54, 1.807) is 18.2 Å². The molecule has 5 rings (SSSR count). The fourth-order valence-corrected chi connectivity index (χ4v) is 3.89. The fourth-order valence-electron chi connectivity index (χ4n) is 3.89. The average molecular weight is 470 g/mol. The van der Waals surface area contributed by atoms with Gasteiger partial charge < -0.3 is 25.7 Å². The van der Waals surface area contributed by atoms with E-state index in [1.165, 1.54) is 12.5 Å². The molecule has 0 radical (unpaired) electrons. The minimum atomic E-state index is -0.427. The molecule has 35 heavy (non-hydrogen) atoms. The first-order valence-corrected chi connectivity index (χ1v) is 11.0. The Labute approximate surface area is 200 Å². The van der Waals surface area contributed by atoms with E-state index in [9.17, 15) is 14.4 Å². The number of benzene rings is 2. The van der Waals surface area contributed by atoms with Gasteiger partial charge in [-0.1, -0.05) is 35.9 Å². The third-order valence-corrected chi connectivity index (χ3v) is 5.59. The summed E-state index contributed by atoms with van der Waals surface area (Å²) in [4.78, 5) is 48.5. The smallest absolute Gasteiger partial charge is 0.272 e. The predicted molar refractivity (Wildman–Crippen MR) is 128 cm³/mol. The zero-order valence-corrected chi connectivity index (χ0v) is 18.8. The monoisotopic (exact) mass is 470 g/mol. The van der Waals surface area contributed by atoms with Gasteiger partial charge in [0.15, 0.2) is 12.3 Å². The van der Waals surface area contributed by atoms with Crippen LogP contribution in [0.5, 0.6) is 5.75 Å². The molecule has 0 fully saturated rings. The summed E-state index contributed by atoms with van der Waals surface area (Å²) in [5.41, 5.74) is 4.62. The first kappa shape index (κ1) is 22.1. The van der Waals surface area contributed by atoms with Crippen LogP contribution in [0.2, 0.25) is 0 Å². The molecule has 176 valence electrons. The minimum Gasteiger partial charge on any atom is -0.482 e. The summed E-state index contributed by atoms with van der Waals surface area (Å²) < 4.78 is 5.35. The summed E-state index contributed by atoms with van der Waals surface area (Å²) in [7, 11) is 0. The molecule has 0 bridgehead atoms. The third kappa shape index (κ3) is 4.67. The Morgan fingerprint density at radius 2 is 1.83 bits per heavy atom. The lowest BCUT2D eigenvalue weighted by Crippen LogP contribution is -2.26. The van der Waals surface area contributed by atoms with Gasteiger partial charge in [-0.3, -0.25) is 14.4 Å². The third-order valence-electron chi connectivity index (χ3n) is 5.59. The fraction of sp³-hybridized carbons (Fsp3) is 0.160. The van der Waals surface area contributed by atoms with Crippen molar-refractivity contribution in [1.82, 2.24) is 25.6 Å². The molecule has 2 aromatic heterocycles. The Hall–Kier alpha value is -4.73. The Morgan fingerprint density at radius 3 is 2.66 bits per heavy atom. The number of H-pyrrole nitrogens is 1. The molecule has 0 unspecified atom stereocenters. The second-order valence-corrected chi connectivity index (χ2v) is 8.17. The van der Waals surface area contributed by atoms with Crippen molar-refractivity contribution >= 4 is 34.4 Å². The Bertz CT molecular complexity index is 1460. The molecule has 4 aromatic rings. The lowest BCUT2D eigenvalue weighted by atomic mass is 10.1. The number of rotatable bonds is 6. The van der Waals surface area contributed by atoms with E-state index in [4.69, 9.17) is 4.74 Å². The highest BCUT2D eigenvalue weighted by atomic mass is 16.5. The summed E-state index contributed by atoms with van der Waals surface area (Å²) in [6, 6.07) is 13.2. The van der Waals surface area contributed by atoms with Crippen LogP contribution in [0.15, 0.2) is 55.0 Å². The van der Waals surface area contributed by atoms with Crippen LogP contribution in [-0.4, -0.2) is 39.3 Å². The first-order valence-electron chi connectivity index (χ1n) is 11.0.